The van der Waals surface area contributed by atoms with Crippen LogP contribution in [-0.2, 0) is 19.0 Å². The molecule has 0 aromatic rings. The number of carbonyl (C=O) groups is 1. The summed E-state index contributed by atoms with van der Waals surface area (Å²) in [6.07, 6.45) is 1.16. The van der Waals surface area contributed by atoms with Crippen LogP contribution in [0.2, 0.25) is 0 Å². The summed E-state index contributed by atoms with van der Waals surface area (Å²) in [6, 6.07) is 0. The van der Waals surface area contributed by atoms with Crippen LogP contribution in [0.1, 0.15) is 33.6 Å². The average molecular weight is 256 g/mol. The molecule has 2 rings (SSSR count). The van der Waals surface area contributed by atoms with Crippen molar-refractivity contribution in [1.82, 2.24) is 0 Å². The molecule has 1 aliphatic heterocycles. The van der Waals surface area contributed by atoms with Crippen molar-refractivity contribution in [3.05, 3.63) is 11.6 Å². The van der Waals surface area contributed by atoms with E-state index in [2.05, 4.69) is 0 Å². The Morgan fingerprint density at radius 2 is 2.28 bits per heavy atom. The highest BCUT2D eigenvalue weighted by Crippen LogP contribution is 2.37. The first kappa shape index (κ1) is 13.5. The Hall–Kier alpha value is -0.910. The second kappa shape index (κ2) is 4.99. The zero-order valence-electron chi connectivity index (χ0n) is 11.0. The van der Waals surface area contributed by atoms with Gasteiger partial charge < -0.3 is 19.3 Å². The van der Waals surface area contributed by atoms with Crippen molar-refractivity contribution >= 4 is 5.97 Å². The van der Waals surface area contributed by atoms with Crippen molar-refractivity contribution in [3.8, 4) is 0 Å². The van der Waals surface area contributed by atoms with E-state index < -0.39 is 18.0 Å². The fourth-order valence-electron chi connectivity index (χ4n) is 2.31. The standard InChI is InChI=1S/C13H20O5/c1-4-13(3)17-10-7-8(12(15)16-5-2)6-9(14)11(10)18-13/h7,9-11,14H,4-6H2,1-3H3/t9-,10-,11+,13?/m1/s1. The van der Waals surface area contributed by atoms with E-state index in [4.69, 9.17) is 14.2 Å². The van der Waals surface area contributed by atoms with Crippen LogP contribution in [0.3, 0.4) is 0 Å². The molecule has 0 amide bonds. The molecule has 0 spiro atoms. The summed E-state index contributed by atoms with van der Waals surface area (Å²) in [7, 11) is 0. The van der Waals surface area contributed by atoms with Gasteiger partial charge in [0.05, 0.1) is 12.7 Å². The average Bonchev–Trinajstić information content (AvgIpc) is 2.68. The number of fused-ring (bicyclic) bond motifs is 1. The fourth-order valence-corrected chi connectivity index (χ4v) is 2.31. The SMILES string of the molecule is CCOC(=O)C1=C[C@H]2OC(C)(CC)O[C@H]2[C@H](O)C1. The molecule has 0 saturated carbocycles. The van der Waals surface area contributed by atoms with Crippen LogP contribution in [0.4, 0.5) is 0 Å². The molecule has 18 heavy (non-hydrogen) atoms. The van der Waals surface area contributed by atoms with Crippen molar-refractivity contribution in [2.45, 2.75) is 57.7 Å². The van der Waals surface area contributed by atoms with Crippen LogP contribution < -0.4 is 0 Å². The third kappa shape index (κ3) is 2.43. The molecule has 0 aromatic heterocycles. The predicted molar refractivity (Wildman–Crippen MR) is 63.8 cm³/mol. The fraction of sp³-hybridized carbons (Fsp3) is 0.769. The molecule has 102 valence electrons. The van der Waals surface area contributed by atoms with E-state index in [0.717, 1.165) is 0 Å². The van der Waals surface area contributed by atoms with E-state index in [0.29, 0.717) is 18.6 Å². The second-order valence-electron chi connectivity index (χ2n) is 4.84. The Morgan fingerprint density at radius 3 is 2.89 bits per heavy atom. The van der Waals surface area contributed by atoms with E-state index in [-0.39, 0.29) is 18.5 Å². The molecule has 1 heterocycles. The highest BCUT2D eigenvalue weighted by Gasteiger charge is 2.48. The monoisotopic (exact) mass is 256 g/mol. The van der Waals surface area contributed by atoms with Crippen LogP contribution in [0.5, 0.6) is 0 Å². The molecular weight excluding hydrogens is 236 g/mol. The van der Waals surface area contributed by atoms with Gasteiger partial charge in [0, 0.05) is 12.0 Å². The lowest BCUT2D eigenvalue weighted by molar-refractivity contribution is -0.168. The normalized spacial score (nSPS) is 39.1. The first-order chi connectivity index (χ1) is 8.49. The van der Waals surface area contributed by atoms with E-state index in [1.54, 1.807) is 13.0 Å². The number of ether oxygens (including phenoxy) is 3. The summed E-state index contributed by atoms with van der Waals surface area (Å²) in [6.45, 7) is 5.88. The summed E-state index contributed by atoms with van der Waals surface area (Å²) in [4.78, 5) is 11.7. The molecule has 1 N–H and O–H groups in total. The summed E-state index contributed by atoms with van der Waals surface area (Å²) < 4.78 is 16.4. The van der Waals surface area contributed by atoms with Crippen molar-refractivity contribution in [2.24, 2.45) is 0 Å². The predicted octanol–water partition coefficient (Wildman–Crippen LogP) is 1.15. The smallest absolute Gasteiger partial charge is 0.333 e. The first-order valence-electron chi connectivity index (χ1n) is 6.40. The molecular formula is C13H20O5. The van der Waals surface area contributed by atoms with Crippen LogP contribution >= 0.6 is 0 Å². The van der Waals surface area contributed by atoms with Gasteiger partial charge in [-0.05, 0) is 26.3 Å². The Labute approximate surface area is 107 Å². The van der Waals surface area contributed by atoms with Gasteiger partial charge in [0.15, 0.2) is 5.79 Å². The highest BCUT2D eigenvalue weighted by molar-refractivity contribution is 5.88. The minimum absolute atomic E-state index is 0.253. The largest absolute Gasteiger partial charge is 0.463 e. The van der Waals surface area contributed by atoms with Crippen LogP contribution in [0.15, 0.2) is 11.6 Å². The van der Waals surface area contributed by atoms with E-state index >= 15 is 0 Å². The maximum Gasteiger partial charge on any atom is 0.333 e. The number of aliphatic hydroxyl groups is 1. The maximum absolute atomic E-state index is 11.7. The Balaban J connectivity index is 2.15. The van der Waals surface area contributed by atoms with Crippen LogP contribution in [-0.4, -0.2) is 41.8 Å². The van der Waals surface area contributed by atoms with E-state index in [1.807, 2.05) is 13.8 Å². The number of esters is 1. The number of rotatable bonds is 3. The second-order valence-corrected chi connectivity index (χ2v) is 4.84. The number of aliphatic hydroxyl groups excluding tert-OH is 1. The molecule has 1 fully saturated rings. The first-order valence-corrected chi connectivity index (χ1v) is 6.40. The van der Waals surface area contributed by atoms with Gasteiger partial charge in [0.25, 0.3) is 0 Å². The zero-order chi connectivity index (χ0) is 13.3. The number of hydrogen-bond donors (Lipinski definition) is 1. The quantitative estimate of drug-likeness (QED) is 0.767. The molecule has 0 aromatic carbocycles. The molecule has 2 aliphatic rings. The van der Waals surface area contributed by atoms with Gasteiger partial charge in [-0.15, -0.1) is 0 Å². The molecule has 0 bridgehead atoms. The van der Waals surface area contributed by atoms with Gasteiger partial charge >= 0.3 is 5.97 Å². The van der Waals surface area contributed by atoms with Gasteiger partial charge in [0.1, 0.15) is 12.2 Å². The summed E-state index contributed by atoms with van der Waals surface area (Å²) in [5, 5.41) is 10.0. The Morgan fingerprint density at radius 1 is 1.56 bits per heavy atom. The maximum atomic E-state index is 11.7. The zero-order valence-corrected chi connectivity index (χ0v) is 11.0. The minimum Gasteiger partial charge on any atom is -0.463 e. The Bertz CT molecular complexity index is 364. The van der Waals surface area contributed by atoms with E-state index in [1.165, 1.54) is 0 Å². The van der Waals surface area contributed by atoms with E-state index in [9.17, 15) is 9.90 Å². The lowest BCUT2D eigenvalue weighted by Crippen LogP contribution is -2.39. The van der Waals surface area contributed by atoms with Crippen molar-refractivity contribution in [2.75, 3.05) is 6.61 Å². The van der Waals surface area contributed by atoms with Crippen LogP contribution in [0, 0.1) is 0 Å². The summed E-state index contributed by atoms with van der Waals surface area (Å²) in [5.41, 5.74) is 0.467. The lowest BCUT2D eigenvalue weighted by Gasteiger charge is -2.26. The molecule has 5 nitrogen and oxygen atoms in total. The van der Waals surface area contributed by atoms with Gasteiger partial charge in [-0.2, -0.15) is 0 Å². The number of carbonyl (C=O) groups excluding carboxylic acids is 1. The lowest BCUT2D eigenvalue weighted by atomic mass is 9.92. The Kier molecular flexibility index (Phi) is 3.75. The van der Waals surface area contributed by atoms with Crippen LogP contribution in [0.25, 0.3) is 0 Å². The topological polar surface area (TPSA) is 65.0 Å². The van der Waals surface area contributed by atoms with Gasteiger partial charge in [-0.3, -0.25) is 0 Å². The molecule has 1 aliphatic carbocycles. The summed E-state index contributed by atoms with van der Waals surface area (Å²) >= 11 is 0. The molecule has 0 radical (unpaired) electrons. The highest BCUT2D eigenvalue weighted by atomic mass is 16.8. The van der Waals surface area contributed by atoms with Gasteiger partial charge in [-0.25, -0.2) is 4.79 Å². The third-order valence-electron chi connectivity index (χ3n) is 3.45. The van der Waals surface area contributed by atoms with Gasteiger partial charge in [0.2, 0.25) is 0 Å². The molecule has 1 saturated heterocycles. The molecule has 5 heteroatoms. The molecule has 1 unspecified atom stereocenters. The molecule has 4 atom stereocenters. The minimum atomic E-state index is -0.729. The third-order valence-corrected chi connectivity index (χ3v) is 3.45. The van der Waals surface area contributed by atoms with Crippen molar-refractivity contribution < 1.29 is 24.1 Å². The van der Waals surface area contributed by atoms with Crippen molar-refractivity contribution in [1.29, 1.82) is 0 Å². The number of hydrogen-bond acceptors (Lipinski definition) is 5. The summed E-state index contributed by atoms with van der Waals surface area (Å²) in [5.74, 6) is -1.07. The van der Waals surface area contributed by atoms with Gasteiger partial charge in [-0.1, -0.05) is 6.92 Å². The van der Waals surface area contributed by atoms with Crippen molar-refractivity contribution in [3.63, 3.8) is 0 Å².